The van der Waals surface area contributed by atoms with E-state index < -0.39 is 47.4 Å². The highest BCUT2D eigenvalue weighted by Gasteiger charge is 2.61. The van der Waals surface area contributed by atoms with Gasteiger partial charge in [-0.1, -0.05) is 36.1 Å². The Morgan fingerprint density at radius 1 is 0.804 bits per heavy atom. The van der Waals surface area contributed by atoms with Crippen molar-refractivity contribution in [3.63, 3.8) is 0 Å². The monoisotopic (exact) mass is 658 g/mol. The van der Waals surface area contributed by atoms with Crippen LogP contribution in [-0.2, 0) is 28.8 Å². The van der Waals surface area contributed by atoms with Crippen LogP contribution in [0.4, 0.5) is 0 Å². The number of fused-ring (bicyclic) bond motifs is 4. The molecular formula is C33H39ClN2O10. The molecule has 6 atom stereocenters. The number of ether oxygens (including phenoxy) is 1. The summed E-state index contributed by atoms with van der Waals surface area (Å²) in [5.41, 5.74) is 1.35. The molecule has 12 nitrogen and oxygen atoms in total. The van der Waals surface area contributed by atoms with Gasteiger partial charge in [0.25, 0.3) is 0 Å². The van der Waals surface area contributed by atoms with Crippen molar-refractivity contribution in [2.45, 2.75) is 70.1 Å². The van der Waals surface area contributed by atoms with Gasteiger partial charge < -0.3 is 20.1 Å². The number of aromatic hydroxyl groups is 1. The van der Waals surface area contributed by atoms with E-state index in [2.05, 4.69) is 0 Å². The third-order valence-corrected chi connectivity index (χ3v) is 10.3. The van der Waals surface area contributed by atoms with Crippen molar-refractivity contribution >= 4 is 47.2 Å². The molecule has 4 amide bonds. The first-order valence-corrected chi connectivity index (χ1v) is 16.2. The number of nitrogens with zero attached hydrogens (tertiary/aromatic N) is 2. The van der Waals surface area contributed by atoms with Crippen LogP contribution in [0.2, 0.25) is 5.02 Å². The molecular weight excluding hydrogens is 620 g/mol. The third-order valence-electron chi connectivity index (χ3n) is 10.0. The van der Waals surface area contributed by atoms with E-state index in [-0.39, 0.29) is 72.5 Å². The van der Waals surface area contributed by atoms with Crippen molar-refractivity contribution in [1.82, 2.24) is 9.80 Å². The Bertz CT molecular complexity index is 1470. The Morgan fingerprint density at radius 2 is 1.37 bits per heavy atom. The van der Waals surface area contributed by atoms with Crippen LogP contribution in [-0.4, -0.2) is 80.9 Å². The van der Waals surface area contributed by atoms with Crippen molar-refractivity contribution in [2.24, 2.45) is 29.6 Å². The van der Waals surface area contributed by atoms with Crippen molar-refractivity contribution in [1.29, 1.82) is 0 Å². The Balaban J connectivity index is 1.45. The minimum Gasteiger partial charge on any atom is -0.503 e. The topological polar surface area (TPSA) is 179 Å². The first-order chi connectivity index (χ1) is 22.0. The number of amides is 4. The van der Waals surface area contributed by atoms with Crippen LogP contribution < -0.4 is 4.74 Å². The van der Waals surface area contributed by atoms with Gasteiger partial charge in [0.05, 0.1) is 35.8 Å². The van der Waals surface area contributed by atoms with Crippen molar-refractivity contribution in [3.8, 4) is 11.5 Å². The van der Waals surface area contributed by atoms with Crippen LogP contribution in [0.25, 0.3) is 0 Å². The average molecular weight is 659 g/mol. The zero-order valence-electron chi connectivity index (χ0n) is 25.7. The number of likely N-dealkylation sites (tertiary alicyclic amines) is 2. The number of benzene rings is 1. The molecule has 13 heteroatoms. The Morgan fingerprint density at radius 3 is 1.93 bits per heavy atom. The zero-order valence-corrected chi connectivity index (χ0v) is 26.4. The number of phenols is 1. The number of hydrogen-bond acceptors (Lipinski definition) is 8. The van der Waals surface area contributed by atoms with Gasteiger partial charge >= 0.3 is 11.9 Å². The highest BCUT2D eigenvalue weighted by atomic mass is 35.5. The van der Waals surface area contributed by atoms with E-state index in [0.29, 0.717) is 50.5 Å². The quantitative estimate of drug-likeness (QED) is 0.150. The number of phenolic OH excluding ortho intramolecular Hbond substituents is 1. The van der Waals surface area contributed by atoms with Gasteiger partial charge in [-0.2, -0.15) is 0 Å². The molecule has 2 heterocycles. The largest absolute Gasteiger partial charge is 0.503 e. The van der Waals surface area contributed by atoms with Gasteiger partial charge in [0.15, 0.2) is 11.5 Å². The van der Waals surface area contributed by atoms with Gasteiger partial charge in [-0.3, -0.25) is 38.6 Å². The van der Waals surface area contributed by atoms with Crippen molar-refractivity contribution < 1.29 is 48.8 Å². The van der Waals surface area contributed by atoms with Crippen molar-refractivity contribution in [3.05, 3.63) is 34.4 Å². The fraction of sp³-hybridized carbons (Fsp3) is 0.576. The Kier molecular flexibility index (Phi) is 10.0. The Labute approximate surface area is 271 Å². The second kappa shape index (κ2) is 13.8. The van der Waals surface area contributed by atoms with Crippen molar-refractivity contribution in [2.75, 3.05) is 20.2 Å². The smallest absolute Gasteiger partial charge is 0.303 e. The predicted octanol–water partition coefficient (Wildman–Crippen LogP) is 3.98. The first-order valence-electron chi connectivity index (χ1n) is 15.9. The zero-order chi connectivity index (χ0) is 33.3. The molecule has 46 heavy (non-hydrogen) atoms. The number of imide groups is 2. The van der Waals surface area contributed by atoms with E-state index in [0.717, 1.165) is 5.57 Å². The summed E-state index contributed by atoms with van der Waals surface area (Å²) in [5, 5.41) is 28.3. The summed E-state index contributed by atoms with van der Waals surface area (Å²) in [6.07, 6.45) is 5.38. The van der Waals surface area contributed by atoms with Crippen LogP contribution in [0.15, 0.2) is 23.8 Å². The third kappa shape index (κ3) is 6.23. The SMILES string of the molecule is COc1cc(C2C3=CCC4C(=O)N(CCCCCC(=O)O)C(=O)C4C3CC3C(=O)N(CCCCCC(=O)O)C(=O)C32)cc(Cl)c1O. The number of unbranched alkanes of at least 4 members (excludes halogenated alkanes) is 4. The molecule has 2 saturated heterocycles. The fourth-order valence-electron chi connectivity index (χ4n) is 7.91. The average Bonchev–Trinajstić information content (AvgIpc) is 3.40. The number of carbonyl (C=O) groups is 6. The summed E-state index contributed by atoms with van der Waals surface area (Å²) in [6, 6.07) is 3.14. The molecule has 1 aromatic rings. The van der Waals surface area contributed by atoms with Crippen LogP contribution in [0.3, 0.4) is 0 Å². The van der Waals surface area contributed by atoms with Gasteiger partial charge in [0.2, 0.25) is 23.6 Å². The number of allylic oxidation sites excluding steroid dienone is 2. The number of methoxy groups -OCH3 is 1. The molecule has 248 valence electrons. The fourth-order valence-corrected chi connectivity index (χ4v) is 8.13. The maximum atomic E-state index is 14.0. The second-order valence-corrected chi connectivity index (χ2v) is 13.1. The molecule has 1 aromatic carbocycles. The van der Waals surface area contributed by atoms with E-state index in [9.17, 15) is 33.9 Å². The standard InChI is InChI=1S/C33H39ClN2O10/c1-46-23-15-17(14-22(34)29(23)41)26-18-10-11-19-27(32(44)35(30(19)42)12-6-2-4-8-24(37)38)20(18)16-21-28(26)33(45)36(31(21)43)13-7-3-5-9-25(39)40/h10,14-15,19-21,26-28,41H,2-9,11-13,16H2,1H3,(H,37,38)(H,39,40). The van der Waals surface area contributed by atoms with Gasteiger partial charge in [0.1, 0.15) is 0 Å². The lowest BCUT2D eigenvalue weighted by atomic mass is 9.57. The number of carboxylic acids is 2. The number of hydrogen-bond donors (Lipinski definition) is 3. The Hall–Kier alpha value is -3.93. The summed E-state index contributed by atoms with van der Waals surface area (Å²) in [6.45, 7) is 0.346. The van der Waals surface area contributed by atoms with Gasteiger partial charge in [-0.25, -0.2) is 0 Å². The van der Waals surface area contributed by atoms with Gasteiger partial charge in [-0.05, 0) is 62.1 Å². The summed E-state index contributed by atoms with van der Waals surface area (Å²) >= 11 is 6.40. The maximum absolute atomic E-state index is 14.0. The number of aliphatic carboxylic acids is 2. The molecule has 6 unspecified atom stereocenters. The minimum atomic E-state index is -0.906. The van der Waals surface area contributed by atoms with Crippen LogP contribution >= 0.6 is 11.6 Å². The van der Waals surface area contributed by atoms with Gasteiger partial charge in [0, 0.05) is 31.8 Å². The molecule has 3 N–H and O–H groups in total. The van der Waals surface area contributed by atoms with E-state index in [1.807, 2.05) is 6.08 Å². The lowest BCUT2D eigenvalue weighted by molar-refractivity contribution is -0.142. The number of carbonyl (C=O) groups excluding carboxylic acids is 4. The van der Waals surface area contributed by atoms with Crippen LogP contribution in [0.1, 0.15) is 75.7 Å². The van der Waals surface area contributed by atoms with Crippen LogP contribution in [0, 0.1) is 29.6 Å². The van der Waals surface area contributed by atoms with E-state index in [1.54, 1.807) is 12.1 Å². The lowest BCUT2D eigenvalue weighted by Gasteiger charge is -2.44. The molecule has 2 aliphatic heterocycles. The summed E-state index contributed by atoms with van der Waals surface area (Å²) in [4.78, 5) is 79.5. The summed E-state index contributed by atoms with van der Waals surface area (Å²) in [7, 11) is 1.38. The van der Waals surface area contributed by atoms with Gasteiger partial charge in [-0.15, -0.1) is 0 Å². The molecule has 0 bridgehead atoms. The molecule has 0 aromatic heterocycles. The summed E-state index contributed by atoms with van der Waals surface area (Å²) in [5.74, 6) is -7.19. The molecule has 3 fully saturated rings. The lowest BCUT2D eigenvalue weighted by Crippen LogP contribution is -2.43. The molecule has 0 radical (unpaired) electrons. The van der Waals surface area contributed by atoms with E-state index >= 15 is 0 Å². The highest BCUT2D eigenvalue weighted by molar-refractivity contribution is 6.32. The normalized spacial score (nSPS) is 27.0. The number of rotatable bonds is 14. The molecule has 2 aliphatic carbocycles. The highest BCUT2D eigenvalue weighted by Crippen LogP contribution is 2.58. The molecule has 0 spiro atoms. The maximum Gasteiger partial charge on any atom is 0.303 e. The molecule has 1 saturated carbocycles. The minimum absolute atomic E-state index is 0.00313. The first kappa shape index (κ1) is 33.4. The number of carboxylic acid groups (broad SMARTS) is 2. The van der Waals surface area contributed by atoms with E-state index in [4.69, 9.17) is 26.6 Å². The van der Waals surface area contributed by atoms with Crippen LogP contribution in [0.5, 0.6) is 11.5 Å². The summed E-state index contributed by atoms with van der Waals surface area (Å²) < 4.78 is 5.35. The second-order valence-electron chi connectivity index (χ2n) is 12.6. The number of halogens is 1. The molecule has 5 rings (SSSR count). The predicted molar refractivity (Wildman–Crippen MR) is 163 cm³/mol. The van der Waals surface area contributed by atoms with E-state index in [1.165, 1.54) is 16.9 Å². The molecule has 4 aliphatic rings.